The molecule has 8 rings (SSSR count). The Morgan fingerprint density at radius 1 is 0.576 bits per heavy atom. The number of para-hydroxylation sites is 1. The zero-order chi connectivity index (χ0) is 21.5. The Morgan fingerprint density at radius 2 is 1.39 bits per heavy atom. The lowest BCUT2D eigenvalue weighted by Crippen LogP contribution is -2.60. The number of rotatable bonds is 1. The van der Waals surface area contributed by atoms with Crippen LogP contribution in [-0.2, 0) is 6.42 Å². The zero-order valence-corrected chi connectivity index (χ0v) is 18.1. The molecule has 2 aliphatic rings. The third-order valence-corrected chi connectivity index (χ3v) is 7.70. The van der Waals surface area contributed by atoms with E-state index in [1.165, 1.54) is 66.1 Å². The van der Waals surface area contributed by atoms with Gasteiger partial charge in [-0.15, -0.1) is 0 Å². The Balaban J connectivity index is 1.62. The molecule has 0 spiro atoms. The summed E-state index contributed by atoms with van der Waals surface area (Å²) in [5, 5.41) is 2.70. The topological polar surface area (TPSA) is 4.93 Å². The maximum absolute atomic E-state index is 2.54. The van der Waals surface area contributed by atoms with Crippen molar-refractivity contribution in [2.45, 2.75) is 6.42 Å². The van der Waals surface area contributed by atoms with Gasteiger partial charge >= 0.3 is 0 Å². The SMILES string of the molecule is c1ccc(-c2cccc3c2B2c4ccccc4Cc4ccc5c6ccccc6n-3c5c42)cc1. The lowest BCUT2D eigenvalue weighted by molar-refractivity contribution is 1.16. The first-order valence-corrected chi connectivity index (χ1v) is 11.7. The van der Waals surface area contributed by atoms with E-state index in [2.05, 4.69) is 114 Å². The molecule has 0 radical (unpaired) electrons. The van der Waals surface area contributed by atoms with Crippen molar-refractivity contribution in [3.8, 4) is 16.8 Å². The Hall–Kier alpha value is -4.04. The van der Waals surface area contributed by atoms with Crippen LogP contribution in [0.4, 0.5) is 0 Å². The average Bonchev–Trinajstić information content (AvgIpc) is 3.23. The van der Waals surface area contributed by atoms with Gasteiger partial charge in [0.15, 0.2) is 0 Å². The first kappa shape index (κ1) is 17.5. The first-order valence-electron chi connectivity index (χ1n) is 11.7. The summed E-state index contributed by atoms with van der Waals surface area (Å²) in [6, 6.07) is 40.4. The summed E-state index contributed by atoms with van der Waals surface area (Å²) in [7, 11) is 0. The molecule has 33 heavy (non-hydrogen) atoms. The predicted molar refractivity (Wildman–Crippen MR) is 140 cm³/mol. The molecule has 6 aromatic rings. The van der Waals surface area contributed by atoms with E-state index in [9.17, 15) is 0 Å². The van der Waals surface area contributed by atoms with Gasteiger partial charge in [-0.25, -0.2) is 0 Å². The van der Waals surface area contributed by atoms with Gasteiger partial charge in [0.1, 0.15) is 0 Å². The molecule has 0 atom stereocenters. The summed E-state index contributed by atoms with van der Waals surface area (Å²) in [5.74, 6) is 0. The fourth-order valence-corrected chi connectivity index (χ4v) is 6.41. The number of hydrogen-bond donors (Lipinski definition) is 0. The summed E-state index contributed by atoms with van der Waals surface area (Å²) in [6.45, 7) is 0.247. The molecule has 1 nitrogen and oxygen atoms in total. The lowest BCUT2D eigenvalue weighted by atomic mass is 9.31. The fraction of sp³-hybridized carbons (Fsp3) is 0.0323. The van der Waals surface area contributed by atoms with Crippen molar-refractivity contribution in [3.63, 3.8) is 0 Å². The maximum atomic E-state index is 2.54. The van der Waals surface area contributed by atoms with Crippen molar-refractivity contribution in [1.29, 1.82) is 0 Å². The van der Waals surface area contributed by atoms with E-state index in [-0.39, 0.29) is 6.71 Å². The number of nitrogens with zero attached hydrogens (tertiary/aromatic N) is 1. The van der Waals surface area contributed by atoms with Crippen LogP contribution in [0.2, 0.25) is 0 Å². The van der Waals surface area contributed by atoms with E-state index in [4.69, 9.17) is 0 Å². The molecular weight excluding hydrogens is 397 g/mol. The molecule has 5 aromatic carbocycles. The van der Waals surface area contributed by atoms with Crippen molar-refractivity contribution in [2.24, 2.45) is 0 Å². The molecular formula is C31H20BN. The summed E-state index contributed by atoms with van der Waals surface area (Å²) >= 11 is 0. The Labute approximate surface area is 193 Å². The van der Waals surface area contributed by atoms with E-state index in [0.717, 1.165) is 6.42 Å². The van der Waals surface area contributed by atoms with E-state index in [1.54, 1.807) is 0 Å². The van der Waals surface area contributed by atoms with Gasteiger partial charge in [0.05, 0.1) is 5.52 Å². The largest absolute Gasteiger partial charge is 0.310 e. The molecule has 0 unspecified atom stereocenters. The summed E-state index contributed by atoms with van der Waals surface area (Å²) in [6.07, 6.45) is 1.00. The minimum absolute atomic E-state index is 0.247. The lowest BCUT2D eigenvalue weighted by Gasteiger charge is -2.34. The van der Waals surface area contributed by atoms with E-state index in [0.29, 0.717) is 0 Å². The fourth-order valence-electron chi connectivity index (χ4n) is 6.41. The van der Waals surface area contributed by atoms with Crippen LogP contribution in [0.25, 0.3) is 38.6 Å². The number of aromatic nitrogens is 1. The summed E-state index contributed by atoms with van der Waals surface area (Å²) < 4.78 is 2.54. The van der Waals surface area contributed by atoms with Crippen molar-refractivity contribution in [3.05, 3.63) is 120 Å². The maximum Gasteiger partial charge on any atom is 0.248 e. The van der Waals surface area contributed by atoms with Gasteiger partial charge < -0.3 is 4.57 Å². The van der Waals surface area contributed by atoms with Crippen molar-refractivity contribution in [1.82, 2.24) is 4.57 Å². The normalized spacial score (nSPS) is 13.3. The molecule has 2 aliphatic heterocycles. The molecule has 0 saturated carbocycles. The molecule has 0 N–H and O–H groups in total. The van der Waals surface area contributed by atoms with Crippen LogP contribution in [0, 0.1) is 0 Å². The second kappa shape index (κ2) is 6.27. The Morgan fingerprint density at radius 3 is 2.33 bits per heavy atom. The molecule has 0 aliphatic carbocycles. The van der Waals surface area contributed by atoms with Gasteiger partial charge in [0, 0.05) is 22.0 Å². The minimum atomic E-state index is 0.247. The van der Waals surface area contributed by atoms with Crippen LogP contribution in [0.15, 0.2) is 109 Å². The minimum Gasteiger partial charge on any atom is -0.310 e. The number of hydrogen-bond acceptors (Lipinski definition) is 0. The molecule has 0 saturated heterocycles. The van der Waals surface area contributed by atoms with Crippen molar-refractivity contribution < 1.29 is 0 Å². The Kier molecular flexibility index (Phi) is 3.33. The highest BCUT2D eigenvalue weighted by atomic mass is 15.0. The standard InChI is InChI=1S/C31H20BN/c1-2-9-20(10-3-1)23-13-8-16-28-30(23)32-26-14-6-4-11-21(26)19-22-17-18-25-24-12-5-7-15-27(24)33(28)31(25)29(22)32/h1-18H,19H2. The summed E-state index contributed by atoms with van der Waals surface area (Å²) in [4.78, 5) is 0. The molecule has 3 heterocycles. The molecule has 2 heteroatoms. The second-order valence-electron chi connectivity index (χ2n) is 9.30. The van der Waals surface area contributed by atoms with Crippen LogP contribution in [0.1, 0.15) is 11.1 Å². The monoisotopic (exact) mass is 417 g/mol. The smallest absolute Gasteiger partial charge is 0.248 e. The number of fused-ring (bicyclic) bond motifs is 8. The van der Waals surface area contributed by atoms with E-state index in [1.807, 2.05) is 0 Å². The Bertz CT molecular complexity index is 1740. The van der Waals surface area contributed by atoms with Crippen LogP contribution in [0.5, 0.6) is 0 Å². The van der Waals surface area contributed by atoms with E-state index < -0.39 is 0 Å². The third kappa shape index (κ3) is 2.18. The van der Waals surface area contributed by atoms with Gasteiger partial charge in [0.2, 0.25) is 6.71 Å². The first-order chi connectivity index (χ1) is 16.4. The van der Waals surface area contributed by atoms with Crippen LogP contribution in [-0.4, -0.2) is 11.3 Å². The van der Waals surface area contributed by atoms with E-state index >= 15 is 0 Å². The highest BCUT2D eigenvalue weighted by Crippen LogP contribution is 2.36. The van der Waals surface area contributed by atoms with Gasteiger partial charge in [-0.05, 0) is 51.7 Å². The van der Waals surface area contributed by atoms with Gasteiger partial charge in [-0.2, -0.15) is 0 Å². The van der Waals surface area contributed by atoms with Crippen molar-refractivity contribution >= 4 is 44.9 Å². The highest BCUT2D eigenvalue weighted by molar-refractivity contribution is 6.99. The quantitative estimate of drug-likeness (QED) is 0.324. The number of benzene rings is 5. The summed E-state index contributed by atoms with van der Waals surface area (Å²) in [5.41, 5.74) is 13.9. The van der Waals surface area contributed by atoms with Crippen LogP contribution < -0.4 is 16.4 Å². The predicted octanol–water partition coefficient (Wildman–Crippen LogP) is 5.18. The van der Waals surface area contributed by atoms with Crippen LogP contribution >= 0.6 is 0 Å². The molecule has 0 bridgehead atoms. The molecule has 0 fully saturated rings. The van der Waals surface area contributed by atoms with Crippen molar-refractivity contribution in [2.75, 3.05) is 0 Å². The molecule has 0 amide bonds. The highest BCUT2D eigenvalue weighted by Gasteiger charge is 2.40. The van der Waals surface area contributed by atoms with Gasteiger partial charge in [-0.1, -0.05) is 103 Å². The second-order valence-corrected chi connectivity index (χ2v) is 9.30. The molecule has 1 aromatic heterocycles. The zero-order valence-electron chi connectivity index (χ0n) is 18.1. The average molecular weight is 417 g/mol. The van der Waals surface area contributed by atoms with Gasteiger partial charge in [-0.3, -0.25) is 0 Å². The van der Waals surface area contributed by atoms with Gasteiger partial charge in [0.25, 0.3) is 0 Å². The third-order valence-electron chi connectivity index (χ3n) is 7.70. The van der Waals surface area contributed by atoms with Crippen LogP contribution in [0.3, 0.4) is 0 Å². The molecule has 152 valence electrons.